The number of nitrogens with one attached hydrogen (secondary N) is 1. The first-order chi connectivity index (χ1) is 15.3. The maximum atomic E-state index is 13.6. The van der Waals surface area contributed by atoms with Crippen LogP contribution in [0.4, 0.5) is 0 Å². The van der Waals surface area contributed by atoms with Gasteiger partial charge in [0.05, 0.1) is 17.7 Å². The van der Waals surface area contributed by atoms with E-state index in [4.69, 9.17) is 0 Å². The summed E-state index contributed by atoms with van der Waals surface area (Å²) in [5.41, 5.74) is 5.78. The molecule has 2 aromatic carbocycles. The van der Waals surface area contributed by atoms with Crippen molar-refractivity contribution in [2.75, 3.05) is 13.1 Å². The maximum absolute atomic E-state index is 13.6. The van der Waals surface area contributed by atoms with E-state index in [0.29, 0.717) is 17.5 Å². The average molecular weight is 470 g/mol. The van der Waals surface area contributed by atoms with Crippen LogP contribution in [0.15, 0.2) is 70.0 Å². The van der Waals surface area contributed by atoms with Crippen molar-refractivity contribution in [3.8, 4) is 0 Å². The van der Waals surface area contributed by atoms with E-state index in [1.165, 1.54) is 15.6 Å². The summed E-state index contributed by atoms with van der Waals surface area (Å²) in [6.07, 6.45) is 2.04. The van der Waals surface area contributed by atoms with Crippen LogP contribution in [0.5, 0.6) is 0 Å². The molecule has 0 spiro atoms. The lowest BCUT2D eigenvalue weighted by Gasteiger charge is -2.24. The van der Waals surface area contributed by atoms with E-state index in [0.717, 1.165) is 16.0 Å². The molecule has 0 aliphatic rings. The van der Waals surface area contributed by atoms with Crippen LogP contribution in [0, 0.1) is 20.8 Å². The molecule has 168 valence electrons. The Labute approximate surface area is 193 Å². The van der Waals surface area contributed by atoms with Gasteiger partial charge in [-0.15, -0.1) is 11.3 Å². The molecule has 6 nitrogen and oxygen atoms in total. The summed E-state index contributed by atoms with van der Waals surface area (Å²) in [6.45, 7) is 5.37. The molecular weight excluding hydrogens is 442 g/mol. The quantitative estimate of drug-likeness (QED) is 0.379. The number of thiophene rings is 1. The average Bonchev–Trinajstić information content (AvgIpc) is 3.24. The Morgan fingerprint density at radius 1 is 1.06 bits per heavy atom. The van der Waals surface area contributed by atoms with Crippen molar-refractivity contribution in [3.63, 3.8) is 0 Å². The predicted molar refractivity (Wildman–Crippen MR) is 130 cm³/mol. The number of nitrogens with zero attached hydrogens (tertiary/aromatic N) is 2. The van der Waals surface area contributed by atoms with Crippen LogP contribution >= 0.6 is 11.3 Å². The summed E-state index contributed by atoms with van der Waals surface area (Å²) in [4.78, 5) is 13.7. The zero-order valence-electron chi connectivity index (χ0n) is 18.4. The Morgan fingerprint density at radius 2 is 1.75 bits per heavy atom. The third kappa shape index (κ3) is 6.12. The number of aryl methyl sites for hydroxylation is 3. The highest BCUT2D eigenvalue weighted by Crippen LogP contribution is 2.25. The Morgan fingerprint density at radius 3 is 2.38 bits per heavy atom. The molecular formula is C24H27N3O3S2. The second kappa shape index (κ2) is 10.7. The van der Waals surface area contributed by atoms with Gasteiger partial charge in [0, 0.05) is 11.4 Å². The fraction of sp³-hybridized carbons (Fsp3) is 0.250. The van der Waals surface area contributed by atoms with Gasteiger partial charge in [-0.25, -0.2) is 13.8 Å². The number of hydrogen-bond donors (Lipinski definition) is 1. The second-order valence-electron chi connectivity index (χ2n) is 7.61. The fourth-order valence-electron chi connectivity index (χ4n) is 3.61. The van der Waals surface area contributed by atoms with Gasteiger partial charge in [-0.1, -0.05) is 54.1 Å². The normalized spacial score (nSPS) is 11.9. The first-order valence-electron chi connectivity index (χ1n) is 10.2. The van der Waals surface area contributed by atoms with Gasteiger partial charge >= 0.3 is 0 Å². The summed E-state index contributed by atoms with van der Waals surface area (Å²) in [6, 6.07) is 17.1. The molecule has 0 aliphatic heterocycles. The number of hydrazone groups is 1. The van der Waals surface area contributed by atoms with Gasteiger partial charge < -0.3 is 0 Å². The zero-order valence-corrected chi connectivity index (χ0v) is 20.0. The van der Waals surface area contributed by atoms with Gasteiger partial charge in [-0.2, -0.15) is 9.41 Å². The standard InChI is InChI=1S/C24H27N3O3S2/c1-18-14-19(2)24(20(3)15-18)32(29,30)27(12-11-21-8-5-4-6-9-21)17-23(28)26-25-16-22-10-7-13-31-22/h4-10,13-16H,11-12,17H2,1-3H3,(H,26,28). The monoisotopic (exact) mass is 469 g/mol. The predicted octanol–water partition coefficient (Wildman–Crippen LogP) is 4.06. The highest BCUT2D eigenvalue weighted by atomic mass is 32.2. The first-order valence-corrected chi connectivity index (χ1v) is 12.6. The number of sulfonamides is 1. The lowest BCUT2D eigenvalue weighted by Crippen LogP contribution is -2.41. The number of amides is 1. The molecule has 0 fully saturated rings. The van der Waals surface area contributed by atoms with Crippen LogP contribution in [0.2, 0.25) is 0 Å². The van der Waals surface area contributed by atoms with Gasteiger partial charge in [0.15, 0.2) is 0 Å². The molecule has 0 saturated carbocycles. The third-order valence-corrected chi connectivity index (χ3v) is 7.90. The van der Waals surface area contributed by atoms with E-state index < -0.39 is 15.9 Å². The highest BCUT2D eigenvalue weighted by Gasteiger charge is 2.29. The molecule has 0 saturated heterocycles. The lowest BCUT2D eigenvalue weighted by atomic mass is 10.1. The fourth-order valence-corrected chi connectivity index (χ4v) is 6.01. The smallest absolute Gasteiger partial charge is 0.255 e. The second-order valence-corrected chi connectivity index (χ2v) is 10.5. The van der Waals surface area contributed by atoms with Crippen LogP contribution in [-0.4, -0.2) is 37.9 Å². The van der Waals surface area contributed by atoms with E-state index in [9.17, 15) is 13.2 Å². The van der Waals surface area contributed by atoms with Crippen molar-refractivity contribution in [3.05, 3.63) is 87.1 Å². The van der Waals surface area contributed by atoms with Gasteiger partial charge in [0.1, 0.15) is 0 Å². The molecule has 0 radical (unpaired) electrons. The first kappa shape index (κ1) is 23.8. The Bertz CT molecular complexity index is 1170. The molecule has 32 heavy (non-hydrogen) atoms. The van der Waals surface area contributed by atoms with Crippen LogP contribution in [0.3, 0.4) is 0 Å². The van der Waals surface area contributed by atoms with Crippen LogP contribution < -0.4 is 5.43 Å². The third-order valence-electron chi connectivity index (χ3n) is 4.94. The molecule has 1 aromatic heterocycles. The highest BCUT2D eigenvalue weighted by molar-refractivity contribution is 7.89. The lowest BCUT2D eigenvalue weighted by molar-refractivity contribution is -0.121. The van der Waals surface area contributed by atoms with E-state index in [2.05, 4.69) is 10.5 Å². The molecule has 0 atom stereocenters. The molecule has 0 unspecified atom stereocenters. The molecule has 1 N–H and O–H groups in total. The molecule has 3 aromatic rings. The van der Waals surface area contributed by atoms with E-state index >= 15 is 0 Å². The number of hydrogen-bond acceptors (Lipinski definition) is 5. The Balaban J connectivity index is 1.83. The van der Waals surface area contributed by atoms with E-state index in [-0.39, 0.29) is 18.0 Å². The molecule has 3 rings (SSSR count). The van der Waals surface area contributed by atoms with Crippen molar-refractivity contribution in [1.82, 2.24) is 9.73 Å². The van der Waals surface area contributed by atoms with Crippen LogP contribution in [0.25, 0.3) is 0 Å². The van der Waals surface area contributed by atoms with Crippen molar-refractivity contribution in [1.29, 1.82) is 0 Å². The minimum Gasteiger partial charge on any atom is -0.272 e. The summed E-state index contributed by atoms with van der Waals surface area (Å²) in [5.74, 6) is -0.489. The van der Waals surface area contributed by atoms with Gasteiger partial charge in [0.25, 0.3) is 5.91 Å². The van der Waals surface area contributed by atoms with Gasteiger partial charge in [-0.05, 0) is 55.3 Å². The summed E-state index contributed by atoms with van der Waals surface area (Å²) in [7, 11) is -3.89. The molecule has 8 heteroatoms. The largest absolute Gasteiger partial charge is 0.272 e. The van der Waals surface area contributed by atoms with Crippen LogP contribution in [0.1, 0.15) is 27.1 Å². The molecule has 0 bridgehead atoms. The molecule has 1 heterocycles. The maximum Gasteiger partial charge on any atom is 0.255 e. The summed E-state index contributed by atoms with van der Waals surface area (Å²) in [5, 5.41) is 5.86. The minimum atomic E-state index is -3.89. The Hall–Kier alpha value is -2.81. The number of carbonyl (C=O) groups excluding carboxylic acids is 1. The summed E-state index contributed by atoms with van der Waals surface area (Å²) < 4.78 is 28.5. The van der Waals surface area contributed by atoms with E-state index in [1.54, 1.807) is 20.1 Å². The zero-order chi connectivity index (χ0) is 23.1. The molecule has 0 aliphatic carbocycles. The summed E-state index contributed by atoms with van der Waals surface area (Å²) >= 11 is 1.49. The topological polar surface area (TPSA) is 78.8 Å². The molecule has 1 amide bonds. The van der Waals surface area contributed by atoms with Crippen LogP contribution in [-0.2, 0) is 21.2 Å². The number of rotatable bonds is 9. The van der Waals surface area contributed by atoms with Crippen molar-refractivity contribution >= 4 is 33.5 Å². The number of benzene rings is 2. The Kier molecular flexibility index (Phi) is 7.95. The van der Waals surface area contributed by atoms with Crippen molar-refractivity contribution < 1.29 is 13.2 Å². The van der Waals surface area contributed by atoms with E-state index in [1.807, 2.05) is 66.9 Å². The SMILES string of the molecule is Cc1cc(C)c(S(=O)(=O)N(CCc2ccccc2)CC(=O)NN=Cc2cccs2)c(C)c1. The van der Waals surface area contributed by atoms with Crippen molar-refractivity contribution in [2.24, 2.45) is 5.10 Å². The van der Waals surface area contributed by atoms with Crippen molar-refractivity contribution in [2.45, 2.75) is 32.1 Å². The number of carbonyl (C=O) groups is 1. The van der Waals surface area contributed by atoms with Gasteiger partial charge in [-0.3, -0.25) is 4.79 Å². The van der Waals surface area contributed by atoms with Gasteiger partial charge in [0.2, 0.25) is 10.0 Å². The minimum absolute atomic E-state index is 0.182.